The SMILES string of the molecule is CCC(NCC(=O)O)C(O)c1ccc(OC)c(C)c1. The van der Waals surface area contributed by atoms with E-state index in [0.717, 1.165) is 16.9 Å². The van der Waals surface area contributed by atoms with Crippen molar-refractivity contribution in [2.75, 3.05) is 13.7 Å². The van der Waals surface area contributed by atoms with Crippen molar-refractivity contribution in [3.8, 4) is 5.75 Å². The van der Waals surface area contributed by atoms with Gasteiger partial charge < -0.3 is 20.3 Å². The van der Waals surface area contributed by atoms with E-state index in [1.54, 1.807) is 19.2 Å². The number of aliphatic hydroxyl groups is 1. The highest BCUT2D eigenvalue weighted by atomic mass is 16.5. The Labute approximate surface area is 113 Å². The van der Waals surface area contributed by atoms with Gasteiger partial charge in [0.2, 0.25) is 0 Å². The van der Waals surface area contributed by atoms with E-state index in [2.05, 4.69) is 5.32 Å². The Kier molecular flexibility index (Phi) is 5.79. The molecule has 0 saturated heterocycles. The van der Waals surface area contributed by atoms with Crippen molar-refractivity contribution in [1.82, 2.24) is 5.32 Å². The van der Waals surface area contributed by atoms with Gasteiger partial charge in [0.15, 0.2) is 0 Å². The summed E-state index contributed by atoms with van der Waals surface area (Å²) in [5.41, 5.74) is 1.69. The maximum Gasteiger partial charge on any atom is 0.317 e. The van der Waals surface area contributed by atoms with Crippen molar-refractivity contribution in [3.05, 3.63) is 29.3 Å². The van der Waals surface area contributed by atoms with E-state index in [4.69, 9.17) is 9.84 Å². The van der Waals surface area contributed by atoms with Crippen LogP contribution in [-0.2, 0) is 4.79 Å². The molecule has 0 bridgehead atoms. The number of hydrogen-bond donors (Lipinski definition) is 3. The lowest BCUT2D eigenvalue weighted by atomic mass is 9.98. The Bertz CT molecular complexity index is 433. The molecule has 0 radical (unpaired) electrons. The highest BCUT2D eigenvalue weighted by Gasteiger charge is 2.20. The number of carboxylic acid groups (broad SMARTS) is 1. The molecule has 1 rings (SSSR count). The minimum absolute atomic E-state index is 0.162. The number of benzene rings is 1. The molecule has 106 valence electrons. The molecule has 0 heterocycles. The highest BCUT2D eigenvalue weighted by molar-refractivity contribution is 5.69. The summed E-state index contributed by atoms with van der Waals surface area (Å²) in [5, 5.41) is 21.8. The lowest BCUT2D eigenvalue weighted by Gasteiger charge is -2.23. The average Bonchev–Trinajstić information content (AvgIpc) is 2.38. The number of methoxy groups -OCH3 is 1. The zero-order valence-corrected chi connectivity index (χ0v) is 11.5. The Morgan fingerprint density at radius 3 is 2.63 bits per heavy atom. The van der Waals surface area contributed by atoms with Gasteiger partial charge >= 0.3 is 5.97 Å². The van der Waals surface area contributed by atoms with Gasteiger partial charge in [0, 0.05) is 6.04 Å². The number of nitrogens with one attached hydrogen (secondary N) is 1. The molecule has 1 aromatic carbocycles. The summed E-state index contributed by atoms with van der Waals surface area (Å²) in [7, 11) is 1.60. The molecule has 19 heavy (non-hydrogen) atoms. The van der Waals surface area contributed by atoms with Crippen LogP contribution in [-0.4, -0.2) is 35.9 Å². The van der Waals surface area contributed by atoms with Crippen molar-refractivity contribution in [3.63, 3.8) is 0 Å². The van der Waals surface area contributed by atoms with E-state index in [1.165, 1.54) is 0 Å². The number of aliphatic hydroxyl groups excluding tert-OH is 1. The Hall–Kier alpha value is -1.59. The molecule has 2 atom stereocenters. The molecule has 0 aliphatic heterocycles. The normalized spacial score (nSPS) is 13.9. The molecule has 0 spiro atoms. The molecule has 1 aromatic rings. The molecule has 0 aliphatic rings. The summed E-state index contributed by atoms with van der Waals surface area (Å²) in [4.78, 5) is 10.6. The van der Waals surface area contributed by atoms with E-state index in [0.29, 0.717) is 6.42 Å². The molecule has 0 amide bonds. The second kappa shape index (κ2) is 7.11. The summed E-state index contributed by atoms with van der Waals surface area (Å²) in [6.45, 7) is 3.64. The van der Waals surface area contributed by atoms with E-state index < -0.39 is 12.1 Å². The summed E-state index contributed by atoms with van der Waals surface area (Å²) in [6.07, 6.45) is -0.103. The molecule has 5 nitrogen and oxygen atoms in total. The maximum atomic E-state index is 10.6. The van der Waals surface area contributed by atoms with Gasteiger partial charge in [-0.3, -0.25) is 4.79 Å². The van der Waals surface area contributed by atoms with E-state index in [1.807, 2.05) is 19.9 Å². The second-order valence-electron chi connectivity index (χ2n) is 4.46. The topological polar surface area (TPSA) is 78.8 Å². The van der Waals surface area contributed by atoms with Crippen LogP contribution in [0, 0.1) is 6.92 Å². The fourth-order valence-electron chi connectivity index (χ4n) is 2.02. The van der Waals surface area contributed by atoms with Crippen molar-refractivity contribution < 1.29 is 19.7 Å². The number of aryl methyl sites for hydroxylation is 1. The number of rotatable bonds is 7. The van der Waals surface area contributed by atoms with Gasteiger partial charge in [-0.1, -0.05) is 13.0 Å². The Balaban J connectivity index is 2.81. The molecule has 0 saturated carbocycles. The summed E-state index contributed by atoms with van der Waals surface area (Å²) < 4.78 is 5.17. The van der Waals surface area contributed by atoms with E-state index in [-0.39, 0.29) is 12.6 Å². The molecular weight excluding hydrogens is 246 g/mol. The molecule has 0 aromatic heterocycles. The number of carbonyl (C=O) groups is 1. The van der Waals surface area contributed by atoms with Crippen molar-refractivity contribution in [2.45, 2.75) is 32.4 Å². The molecule has 0 aliphatic carbocycles. The molecule has 3 N–H and O–H groups in total. The van der Waals surface area contributed by atoms with Crippen LogP contribution in [0.4, 0.5) is 0 Å². The first-order valence-electron chi connectivity index (χ1n) is 6.27. The van der Waals surface area contributed by atoms with Crippen LogP contribution >= 0.6 is 0 Å². The van der Waals surface area contributed by atoms with Gasteiger partial charge in [-0.15, -0.1) is 0 Å². The minimum atomic E-state index is -0.934. The van der Waals surface area contributed by atoms with Crippen LogP contribution in [0.15, 0.2) is 18.2 Å². The number of hydrogen-bond acceptors (Lipinski definition) is 4. The second-order valence-corrected chi connectivity index (χ2v) is 4.46. The van der Waals surface area contributed by atoms with Gasteiger partial charge in [-0.2, -0.15) is 0 Å². The predicted molar refractivity (Wildman–Crippen MR) is 72.4 cm³/mol. The molecule has 2 unspecified atom stereocenters. The van der Waals surface area contributed by atoms with Gasteiger partial charge in [0.25, 0.3) is 0 Å². The lowest BCUT2D eigenvalue weighted by molar-refractivity contribution is -0.136. The highest BCUT2D eigenvalue weighted by Crippen LogP contribution is 2.25. The van der Waals surface area contributed by atoms with E-state index in [9.17, 15) is 9.90 Å². The lowest BCUT2D eigenvalue weighted by Crippen LogP contribution is -2.37. The quantitative estimate of drug-likeness (QED) is 0.697. The minimum Gasteiger partial charge on any atom is -0.496 e. The zero-order chi connectivity index (χ0) is 14.4. The monoisotopic (exact) mass is 267 g/mol. The van der Waals surface area contributed by atoms with Crippen molar-refractivity contribution in [1.29, 1.82) is 0 Å². The van der Waals surface area contributed by atoms with Gasteiger partial charge in [0.05, 0.1) is 19.8 Å². The third-order valence-corrected chi connectivity index (χ3v) is 3.10. The third-order valence-electron chi connectivity index (χ3n) is 3.10. The number of carboxylic acids is 1. The van der Waals surface area contributed by atoms with Crippen LogP contribution in [0.25, 0.3) is 0 Å². The molecular formula is C14H21NO4. The van der Waals surface area contributed by atoms with E-state index >= 15 is 0 Å². The van der Waals surface area contributed by atoms with Crippen LogP contribution in [0.3, 0.4) is 0 Å². The summed E-state index contributed by atoms with van der Waals surface area (Å²) >= 11 is 0. The first-order valence-corrected chi connectivity index (χ1v) is 6.27. The van der Waals surface area contributed by atoms with Crippen molar-refractivity contribution in [2.24, 2.45) is 0 Å². The molecule has 5 heteroatoms. The fourth-order valence-corrected chi connectivity index (χ4v) is 2.02. The number of ether oxygens (including phenoxy) is 1. The smallest absolute Gasteiger partial charge is 0.317 e. The summed E-state index contributed by atoms with van der Waals surface area (Å²) in [5.74, 6) is -0.168. The largest absolute Gasteiger partial charge is 0.496 e. The van der Waals surface area contributed by atoms with Gasteiger partial charge in [-0.25, -0.2) is 0 Å². The van der Waals surface area contributed by atoms with Crippen molar-refractivity contribution >= 4 is 5.97 Å². The van der Waals surface area contributed by atoms with Crippen LogP contribution < -0.4 is 10.1 Å². The fraction of sp³-hybridized carbons (Fsp3) is 0.500. The maximum absolute atomic E-state index is 10.6. The third kappa shape index (κ3) is 4.22. The summed E-state index contributed by atoms with van der Waals surface area (Å²) in [6, 6.07) is 5.16. The number of aliphatic carboxylic acids is 1. The average molecular weight is 267 g/mol. The van der Waals surface area contributed by atoms with Gasteiger partial charge in [-0.05, 0) is 36.6 Å². The van der Waals surface area contributed by atoms with Crippen LogP contribution in [0.5, 0.6) is 5.75 Å². The Morgan fingerprint density at radius 2 is 2.16 bits per heavy atom. The molecule has 0 fully saturated rings. The first kappa shape index (κ1) is 15.5. The predicted octanol–water partition coefficient (Wildman–Crippen LogP) is 1.49. The van der Waals surface area contributed by atoms with Gasteiger partial charge in [0.1, 0.15) is 5.75 Å². The first-order chi connectivity index (χ1) is 8.99. The Morgan fingerprint density at radius 1 is 1.47 bits per heavy atom. The van der Waals surface area contributed by atoms with Crippen LogP contribution in [0.2, 0.25) is 0 Å². The zero-order valence-electron chi connectivity index (χ0n) is 11.5. The van der Waals surface area contributed by atoms with Crippen LogP contribution in [0.1, 0.15) is 30.6 Å². The standard InChI is InChI=1S/C14H21NO4/c1-4-11(15-8-13(16)17)14(18)10-5-6-12(19-3)9(2)7-10/h5-7,11,14-15,18H,4,8H2,1-3H3,(H,16,17).